The van der Waals surface area contributed by atoms with Crippen molar-refractivity contribution in [2.45, 2.75) is 38.3 Å². The van der Waals surface area contributed by atoms with E-state index in [0.717, 1.165) is 18.8 Å². The minimum atomic E-state index is -4.08. The van der Waals surface area contributed by atoms with Crippen LogP contribution in [0, 0.1) is 5.92 Å². The van der Waals surface area contributed by atoms with Crippen molar-refractivity contribution in [2.24, 2.45) is 5.92 Å². The molecule has 0 fully saturated rings. The van der Waals surface area contributed by atoms with Gasteiger partial charge in [0.1, 0.15) is 12.6 Å². The third kappa shape index (κ3) is 7.91. The topological polar surface area (TPSA) is 86.8 Å². The molecule has 3 rings (SSSR count). The molecule has 0 spiro atoms. The van der Waals surface area contributed by atoms with Crippen molar-refractivity contribution in [3.63, 3.8) is 0 Å². The molecule has 0 aliphatic rings. The number of sulfonamides is 1. The Hall–Kier alpha value is -2.69. The summed E-state index contributed by atoms with van der Waals surface area (Å²) in [7, 11) is -4.08. The lowest BCUT2D eigenvalue weighted by atomic mass is 10.1. The molecule has 7 nitrogen and oxygen atoms in total. The smallest absolute Gasteiger partial charge is 0.264 e. The molecule has 1 atom stereocenters. The minimum absolute atomic E-state index is 0.0667. The Morgan fingerprint density at radius 2 is 1.53 bits per heavy atom. The summed E-state index contributed by atoms with van der Waals surface area (Å²) in [4.78, 5) is 28.4. The lowest BCUT2D eigenvalue weighted by molar-refractivity contribution is -0.139. The summed E-state index contributed by atoms with van der Waals surface area (Å²) in [6, 6.07) is 21.3. The van der Waals surface area contributed by atoms with Crippen LogP contribution in [0.5, 0.6) is 0 Å². The number of halogens is 2. The molecule has 38 heavy (non-hydrogen) atoms. The van der Waals surface area contributed by atoms with E-state index in [1.54, 1.807) is 49.4 Å². The molecule has 0 unspecified atom stereocenters. The number of nitrogens with zero attached hydrogens (tertiary/aromatic N) is 2. The molecule has 0 aromatic heterocycles. The van der Waals surface area contributed by atoms with Crippen molar-refractivity contribution in [2.75, 3.05) is 17.4 Å². The van der Waals surface area contributed by atoms with Crippen LogP contribution >= 0.6 is 31.9 Å². The Morgan fingerprint density at radius 1 is 0.868 bits per heavy atom. The van der Waals surface area contributed by atoms with Gasteiger partial charge in [0.05, 0.1) is 10.6 Å². The maximum Gasteiger partial charge on any atom is 0.264 e. The van der Waals surface area contributed by atoms with Gasteiger partial charge in [-0.1, -0.05) is 76.0 Å². The van der Waals surface area contributed by atoms with E-state index in [9.17, 15) is 18.0 Å². The third-order valence-corrected chi connectivity index (χ3v) is 8.63. The molecule has 0 heterocycles. The summed E-state index contributed by atoms with van der Waals surface area (Å²) in [5, 5.41) is 2.88. The number of hydrogen-bond acceptors (Lipinski definition) is 4. The Morgan fingerprint density at radius 3 is 2.13 bits per heavy atom. The van der Waals surface area contributed by atoms with Crippen molar-refractivity contribution in [3.05, 3.63) is 93.4 Å². The number of nitrogens with one attached hydrogen (secondary N) is 1. The molecule has 2 amide bonds. The molecular weight excluding hydrogens is 634 g/mol. The Bertz CT molecular complexity index is 1350. The van der Waals surface area contributed by atoms with Crippen LogP contribution in [0.25, 0.3) is 0 Å². The average molecular weight is 665 g/mol. The number of amides is 2. The molecule has 0 aliphatic carbocycles. The summed E-state index contributed by atoms with van der Waals surface area (Å²) < 4.78 is 30.1. The molecule has 0 saturated carbocycles. The van der Waals surface area contributed by atoms with E-state index in [1.165, 1.54) is 17.0 Å². The summed E-state index contributed by atoms with van der Waals surface area (Å²) in [5.74, 6) is -0.563. The Kier molecular flexibility index (Phi) is 10.5. The first-order chi connectivity index (χ1) is 18.0. The normalized spacial score (nSPS) is 12.2. The van der Waals surface area contributed by atoms with E-state index in [0.29, 0.717) is 12.2 Å². The van der Waals surface area contributed by atoms with E-state index >= 15 is 0 Å². The van der Waals surface area contributed by atoms with E-state index in [-0.39, 0.29) is 23.3 Å². The van der Waals surface area contributed by atoms with Gasteiger partial charge in [0.25, 0.3) is 10.0 Å². The number of hydrogen-bond donors (Lipinski definition) is 1. The van der Waals surface area contributed by atoms with Crippen LogP contribution in [0.15, 0.2) is 92.7 Å². The fourth-order valence-corrected chi connectivity index (χ4v) is 5.87. The monoisotopic (exact) mass is 663 g/mol. The second-order valence-electron chi connectivity index (χ2n) is 9.27. The van der Waals surface area contributed by atoms with Crippen molar-refractivity contribution in [1.29, 1.82) is 0 Å². The van der Waals surface area contributed by atoms with Crippen LogP contribution in [0.1, 0.15) is 26.3 Å². The molecular formula is C28H31Br2N3O4S. The van der Waals surface area contributed by atoms with Gasteiger partial charge in [0, 0.05) is 22.0 Å². The van der Waals surface area contributed by atoms with Crippen molar-refractivity contribution in [3.8, 4) is 0 Å². The fraction of sp³-hybridized carbons (Fsp3) is 0.286. The van der Waals surface area contributed by atoms with Gasteiger partial charge < -0.3 is 10.2 Å². The summed E-state index contributed by atoms with van der Waals surface area (Å²) in [6.07, 6.45) is 0. The van der Waals surface area contributed by atoms with E-state index in [4.69, 9.17) is 0 Å². The summed E-state index contributed by atoms with van der Waals surface area (Å²) in [5.41, 5.74) is 1.14. The zero-order valence-corrected chi connectivity index (χ0v) is 25.5. The van der Waals surface area contributed by atoms with Gasteiger partial charge >= 0.3 is 0 Å². The van der Waals surface area contributed by atoms with Crippen molar-refractivity contribution >= 4 is 59.4 Å². The van der Waals surface area contributed by atoms with E-state index in [2.05, 4.69) is 37.2 Å². The Balaban J connectivity index is 1.99. The van der Waals surface area contributed by atoms with Crippen LogP contribution in [0.2, 0.25) is 0 Å². The number of carbonyl (C=O) groups is 2. The quantitative estimate of drug-likeness (QED) is 0.289. The van der Waals surface area contributed by atoms with Gasteiger partial charge in [-0.3, -0.25) is 13.9 Å². The third-order valence-electron chi connectivity index (χ3n) is 5.82. The molecule has 10 heteroatoms. The van der Waals surface area contributed by atoms with Crippen LogP contribution in [-0.2, 0) is 26.2 Å². The second-order valence-corrected chi connectivity index (χ2v) is 13.0. The predicted octanol–water partition coefficient (Wildman–Crippen LogP) is 5.60. The Labute approximate surface area is 241 Å². The molecule has 0 radical (unpaired) electrons. The maximum absolute atomic E-state index is 13.9. The largest absolute Gasteiger partial charge is 0.354 e. The van der Waals surface area contributed by atoms with E-state index < -0.39 is 28.5 Å². The standard InChI is InChI=1S/C28H31Br2N3O4S/c1-20(2)17-31-28(35)21(3)32(18-22-8-7-9-24(30)16-22)27(34)19-33(25-14-12-23(29)13-15-25)38(36,37)26-10-5-4-6-11-26/h4-16,20-21H,17-19H2,1-3H3,(H,31,35)/t21-/m1/s1. The number of benzene rings is 3. The van der Waals surface area contributed by atoms with Gasteiger partial charge in [-0.05, 0) is 66.9 Å². The highest BCUT2D eigenvalue weighted by Gasteiger charge is 2.32. The lowest BCUT2D eigenvalue weighted by Crippen LogP contribution is -2.51. The van der Waals surface area contributed by atoms with Gasteiger partial charge in [-0.15, -0.1) is 0 Å². The van der Waals surface area contributed by atoms with Crippen molar-refractivity contribution < 1.29 is 18.0 Å². The van der Waals surface area contributed by atoms with Crippen LogP contribution in [0.4, 0.5) is 5.69 Å². The zero-order chi connectivity index (χ0) is 27.9. The zero-order valence-electron chi connectivity index (χ0n) is 21.5. The summed E-state index contributed by atoms with van der Waals surface area (Å²) >= 11 is 6.83. The number of carbonyl (C=O) groups excluding carboxylic acids is 2. The minimum Gasteiger partial charge on any atom is -0.354 e. The highest BCUT2D eigenvalue weighted by Crippen LogP contribution is 2.26. The fourth-order valence-electron chi connectivity index (χ4n) is 3.72. The van der Waals surface area contributed by atoms with E-state index in [1.807, 2.05) is 38.1 Å². The van der Waals surface area contributed by atoms with Gasteiger partial charge in [-0.25, -0.2) is 8.42 Å². The molecule has 3 aromatic rings. The highest BCUT2D eigenvalue weighted by molar-refractivity contribution is 9.10. The first-order valence-corrected chi connectivity index (χ1v) is 15.2. The number of rotatable bonds is 11. The highest BCUT2D eigenvalue weighted by atomic mass is 79.9. The average Bonchev–Trinajstić information content (AvgIpc) is 2.89. The molecule has 0 aliphatic heterocycles. The maximum atomic E-state index is 13.9. The van der Waals surface area contributed by atoms with Gasteiger partial charge in [0.2, 0.25) is 11.8 Å². The second kappa shape index (κ2) is 13.4. The van der Waals surface area contributed by atoms with Crippen molar-refractivity contribution in [1.82, 2.24) is 10.2 Å². The molecule has 0 bridgehead atoms. The van der Waals surface area contributed by atoms with Crippen LogP contribution in [0.3, 0.4) is 0 Å². The van der Waals surface area contributed by atoms with Gasteiger partial charge in [-0.2, -0.15) is 0 Å². The molecule has 3 aromatic carbocycles. The molecule has 202 valence electrons. The SMILES string of the molecule is CC(C)CNC(=O)[C@@H](C)N(Cc1cccc(Br)c1)C(=O)CN(c1ccc(Br)cc1)S(=O)(=O)c1ccccc1. The molecule has 1 N–H and O–H groups in total. The van der Waals surface area contributed by atoms with Crippen LogP contribution < -0.4 is 9.62 Å². The summed E-state index contributed by atoms with van der Waals surface area (Å²) in [6.45, 7) is 5.75. The van der Waals surface area contributed by atoms with Crippen LogP contribution in [-0.4, -0.2) is 44.3 Å². The first kappa shape index (κ1) is 29.9. The number of anilines is 1. The van der Waals surface area contributed by atoms with Gasteiger partial charge in [0.15, 0.2) is 0 Å². The predicted molar refractivity (Wildman–Crippen MR) is 157 cm³/mol. The molecule has 0 saturated heterocycles. The first-order valence-electron chi connectivity index (χ1n) is 12.1. The lowest BCUT2D eigenvalue weighted by Gasteiger charge is -2.32.